The smallest absolute Gasteiger partial charge is 0.242 e. The van der Waals surface area contributed by atoms with Crippen molar-refractivity contribution in [1.82, 2.24) is 9.62 Å². The first kappa shape index (κ1) is 16.6. The number of aliphatic hydroxyl groups excluding tert-OH is 1. The minimum Gasteiger partial charge on any atom is -0.391 e. The molecule has 1 aromatic heterocycles. The molecule has 19 heavy (non-hydrogen) atoms. The first-order chi connectivity index (χ1) is 8.79. The van der Waals surface area contributed by atoms with Gasteiger partial charge in [-0.05, 0) is 38.8 Å². The molecule has 0 bridgehead atoms. The van der Waals surface area contributed by atoms with Gasteiger partial charge in [0.25, 0.3) is 0 Å². The van der Waals surface area contributed by atoms with Gasteiger partial charge in [-0.25, -0.2) is 13.1 Å². The van der Waals surface area contributed by atoms with E-state index in [0.29, 0.717) is 29.6 Å². The summed E-state index contributed by atoms with van der Waals surface area (Å²) in [7, 11) is -1.59. The molecule has 0 amide bonds. The SMILES string of the molecule is Cc1csc(CO)c1S(=O)(=O)NCCN(C)C(C)C. The quantitative estimate of drug-likeness (QED) is 0.793. The predicted octanol–water partition coefficient (Wildman–Crippen LogP) is 1.17. The average molecular weight is 306 g/mol. The lowest BCUT2D eigenvalue weighted by Crippen LogP contribution is -2.36. The molecule has 5 nitrogen and oxygen atoms in total. The van der Waals surface area contributed by atoms with Crippen LogP contribution in [0.2, 0.25) is 0 Å². The molecule has 0 radical (unpaired) electrons. The van der Waals surface area contributed by atoms with Gasteiger partial charge in [0, 0.05) is 19.1 Å². The Kier molecular flexibility index (Phi) is 5.94. The third kappa shape index (κ3) is 4.25. The van der Waals surface area contributed by atoms with E-state index < -0.39 is 10.0 Å². The number of nitrogens with one attached hydrogen (secondary N) is 1. The van der Waals surface area contributed by atoms with Gasteiger partial charge in [-0.1, -0.05) is 0 Å². The van der Waals surface area contributed by atoms with Crippen LogP contribution < -0.4 is 4.72 Å². The number of sulfonamides is 1. The largest absolute Gasteiger partial charge is 0.391 e. The molecule has 0 saturated heterocycles. The number of hydrogen-bond donors (Lipinski definition) is 2. The van der Waals surface area contributed by atoms with Crippen LogP contribution in [0.3, 0.4) is 0 Å². The van der Waals surface area contributed by atoms with Crippen LogP contribution in [0.5, 0.6) is 0 Å². The van der Waals surface area contributed by atoms with Gasteiger partial charge < -0.3 is 10.0 Å². The number of aryl methyl sites for hydroxylation is 1. The maximum absolute atomic E-state index is 12.2. The molecule has 0 saturated carbocycles. The van der Waals surface area contributed by atoms with Crippen LogP contribution in [0.1, 0.15) is 24.3 Å². The maximum Gasteiger partial charge on any atom is 0.242 e. The Labute approximate surface area is 119 Å². The number of thiophene rings is 1. The van der Waals surface area contributed by atoms with Gasteiger partial charge in [0.05, 0.1) is 11.5 Å². The molecule has 0 aliphatic heterocycles. The molecule has 0 aromatic carbocycles. The monoisotopic (exact) mass is 306 g/mol. The molecule has 0 unspecified atom stereocenters. The molecule has 0 fully saturated rings. The number of aliphatic hydroxyl groups is 1. The van der Waals surface area contributed by atoms with E-state index in [-0.39, 0.29) is 11.5 Å². The first-order valence-electron chi connectivity index (χ1n) is 6.17. The normalized spacial score (nSPS) is 12.6. The van der Waals surface area contributed by atoms with Crippen molar-refractivity contribution in [3.05, 3.63) is 15.8 Å². The van der Waals surface area contributed by atoms with Crippen LogP contribution in [0.25, 0.3) is 0 Å². The van der Waals surface area contributed by atoms with Crippen molar-refractivity contribution in [2.75, 3.05) is 20.1 Å². The molecular weight excluding hydrogens is 284 g/mol. The van der Waals surface area contributed by atoms with Gasteiger partial charge in [-0.3, -0.25) is 0 Å². The number of rotatable bonds is 7. The Morgan fingerprint density at radius 1 is 1.47 bits per heavy atom. The summed E-state index contributed by atoms with van der Waals surface area (Å²) in [5.74, 6) is 0. The van der Waals surface area contributed by atoms with E-state index in [1.54, 1.807) is 12.3 Å². The zero-order valence-corrected chi connectivity index (χ0v) is 13.4. The van der Waals surface area contributed by atoms with Crippen molar-refractivity contribution >= 4 is 21.4 Å². The van der Waals surface area contributed by atoms with E-state index in [4.69, 9.17) is 0 Å². The molecule has 0 aliphatic carbocycles. The molecule has 1 rings (SSSR count). The van der Waals surface area contributed by atoms with Crippen LogP contribution >= 0.6 is 11.3 Å². The molecule has 0 spiro atoms. The summed E-state index contributed by atoms with van der Waals surface area (Å²) in [5, 5.41) is 10.9. The van der Waals surface area contributed by atoms with Gasteiger partial charge in [-0.2, -0.15) is 0 Å². The molecule has 0 aliphatic rings. The second-order valence-electron chi connectivity index (χ2n) is 4.80. The summed E-state index contributed by atoms with van der Waals surface area (Å²) in [6, 6.07) is 0.375. The fourth-order valence-corrected chi connectivity index (χ4v) is 4.32. The Morgan fingerprint density at radius 3 is 2.63 bits per heavy atom. The molecule has 110 valence electrons. The van der Waals surface area contributed by atoms with E-state index in [1.165, 1.54) is 11.3 Å². The van der Waals surface area contributed by atoms with Crippen molar-refractivity contribution < 1.29 is 13.5 Å². The van der Waals surface area contributed by atoms with Gasteiger partial charge >= 0.3 is 0 Å². The Balaban J connectivity index is 2.74. The van der Waals surface area contributed by atoms with Crippen molar-refractivity contribution in [2.45, 2.75) is 38.3 Å². The van der Waals surface area contributed by atoms with Crippen LogP contribution in [-0.4, -0.2) is 44.6 Å². The average Bonchev–Trinajstić information content (AvgIpc) is 2.70. The third-order valence-electron chi connectivity index (χ3n) is 3.04. The highest BCUT2D eigenvalue weighted by Crippen LogP contribution is 2.26. The van der Waals surface area contributed by atoms with E-state index in [9.17, 15) is 13.5 Å². The highest BCUT2D eigenvalue weighted by molar-refractivity contribution is 7.89. The van der Waals surface area contributed by atoms with Crippen molar-refractivity contribution in [2.24, 2.45) is 0 Å². The molecule has 7 heteroatoms. The van der Waals surface area contributed by atoms with Gasteiger partial charge in [0.15, 0.2) is 0 Å². The van der Waals surface area contributed by atoms with Gasteiger partial charge in [-0.15, -0.1) is 11.3 Å². The van der Waals surface area contributed by atoms with E-state index >= 15 is 0 Å². The van der Waals surface area contributed by atoms with Crippen molar-refractivity contribution in [3.63, 3.8) is 0 Å². The molecule has 2 N–H and O–H groups in total. The van der Waals surface area contributed by atoms with E-state index in [1.807, 2.05) is 7.05 Å². The van der Waals surface area contributed by atoms with E-state index in [0.717, 1.165) is 0 Å². The molecular formula is C12H22N2O3S2. The summed E-state index contributed by atoms with van der Waals surface area (Å²) in [6.07, 6.45) is 0. The van der Waals surface area contributed by atoms with Crippen LogP contribution in [-0.2, 0) is 16.6 Å². The minimum atomic E-state index is -3.54. The Hall–Kier alpha value is -0.470. The van der Waals surface area contributed by atoms with Crippen LogP contribution in [0.4, 0.5) is 0 Å². The summed E-state index contributed by atoms with van der Waals surface area (Å²) in [6.45, 7) is 6.61. The number of likely N-dealkylation sites (N-methyl/N-ethyl adjacent to an activating group) is 1. The third-order valence-corrected chi connectivity index (χ3v) is 5.95. The molecule has 1 heterocycles. The lowest BCUT2D eigenvalue weighted by Gasteiger charge is -2.21. The molecule has 1 aromatic rings. The summed E-state index contributed by atoms with van der Waals surface area (Å²) < 4.78 is 27.0. The topological polar surface area (TPSA) is 69.6 Å². The standard InChI is InChI=1S/C12H22N2O3S2/c1-9(2)14(4)6-5-13-19(16,17)12-10(3)8-18-11(12)7-15/h8-9,13,15H,5-7H2,1-4H3. The van der Waals surface area contributed by atoms with Crippen molar-refractivity contribution in [3.8, 4) is 0 Å². The zero-order valence-electron chi connectivity index (χ0n) is 11.8. The summed E-state index contributed by atoms with van der Waals surface area (Å²) in [4.78, 5) is 2.78. The maximum atomic E-state index is 12.2. The Morgan fingerprint density at radius 2 is 2.11 bits per heavy atom. The van der Waals surface area contributed by atoms with Crippen LogP contribution in [0, 0.1) is 6.92 Å². The molecule has 0 atom stereocenters. The minimum absolute atomic E-state index is 0.229. The second-order valence-corrected chi connectivity index (χ2v) is 7.47. The lowest BCUT2D eigenvalue weighted by molar-refractivity contribution is 0.278. The van der Waals surface area contributed by atoms with Gasteiger partial charge in [0.2, 0.25) is 10.0 Å². The predicted molar refractivity (Wildman–Crippen MR) is 77.9 cm³/mol. The van der Waals surface area contributed by atoms with Crippen LogP contribution in [0.15, 0.2) is 10.3 Å². The number of hydrogen-bond acceptors (Lipinski definition) is 5. The van der Waals surface area contributed by atoms with E-state index in [2.05, 4.69) is 23.5 Å². The fraction of sp³-hybridized carbons (Fsp3) is 0.667. The highest BCUT2D eigenvalue weighted by Gasteiger charge is 2.22. The first-order valence-corrected chi connectivity index (χ1v) is 8.53. The highest BCUT2D eigenvalue weighted by atomic mass is 32.2. The van der Waals surface area contributed by atoms with Crippen molar-refractivity contribution in [1.29, 1.82) is 0 Å². The Bertz CT molecular complexity index is 509. The summed E-state index contributed by atoms with van der Waals surface area (Å²) in [5.41, 5.74) is 0.679. The zero-order chi connectivity index (χ0) is 14.6. The fourth-order valence-electron chi connectivity index (χ4n) is 1.64. The van der Waals surface area contributed by atoms with Gasteiger partial charge in [0.1, 0.15) is 4.90 Å². The second kappa shape index (κ2) is 6.81. The number of nitrogens with zero attached hydrogens (tertiary/aromatic N) is 1. The lowest BCUT2D eigenvalue weighted by atomic mass is 10.3. The summed E-state index contributed by atoms with van der Waals surface area (Å²) >= 11 is 1.27.